The Morgan fingerprint density at radius 1 is 1.00 bits per heavy atom. The zero-order chi connectivity index (χ0) is 26.2. The lowest BCUT2D eigenvalue weighted by Crippen LogP contribution is -2.24. The number of allylic oxidation sites excluding steroid dienone is 1. The van der Waals surface area contributed by atoms with Crippen LogP contribution in [0.15, 0.2) is 11.6 Å². The van der Waals surface area contributed by atoms with E-state index in [0.29, 0.717) is 6.42 Å². The van der Waals surface area contributed by atoms with Gasteiger partial charge in [0.05, 0.1) is 0 Å². The predicted octanol–water partition coefficient (Wildman–Crippen LogP) is 10.4. The molecular weight excluding hydrogens is 543 g/mol. The van der Waals surface area contributed by atoms with E-state index in [1.807, 2.05) is 57.0 Å². The number of carbonyl (C=O) groups is 3. The standard InChI is InChI=1S/C7H12O2.C6H9NO2.C6H14S2.C5H12S2.4CH4/c1-3-4-6(2)5-7(8)9;1-4-3-5(8)7(2)6(4)9;1-4-6(3)8-7-5-2;1-3-5-7-6-4-2;;;;/h5H,3-4H2,1-2H3,(H,8,9);4H,3H2,1-2H3;6H,4-5H2,1-3H3;3-5H2,1-2H3;4*1H4. The highest BCUT2D eigenvalue weighted by Gasteiger charge is 2.32. The first kappa shape index (κ1) is 53.1. The summed E-state index contributed by atoms with van der Waals surface area (Å²) in [5.41, 5.74) is 0.935. The maximum absolute atomic E-state index is 10.8. The van der Waals surface area contributed by atoms with Crippen LogP contribution in [0.4, 0.5) is 0 Å². The molecule has 0 spiro atoms. The third-order valence-electron chi connectivity index (χ3n) is 4.03. The molecule has 1 fully saturated rings. The quantitative estimate of drug-likeness (QED) is 0.108. The van der Waals surface area contributed by atoms with Crippen LogP contribution in [0.25, 0.3) is 0 Å². The van der Waals surface area contributed by atoms with Crippen LogP contribution in [0, 0.1) is 5.92 Å². The highest BCUT2D eigenvalue weighted by atomic mass is 33.1. The van der Waals surface area contributed by atoms with Crippen LogP contribution < -0.4 is 0 Å². The van der Waals surface area contributed by atoms with E-state index >= 15 is 0 Å². The van der Waals surface area contributed by atoms with Crippen LogP contribution in [0.3, 0.4) is 0 Å². The van der Waals surface area contributed by atoms with Gasteiger partial charge in [0.25, 0.3) is 0 Å². The minimum atomic E-state index is -0.846. The van der Waals surface area contributed by atoms with Crippen molar-refractivity contribution in [2.75, 3.05) is 24.3 Å². The number of likely N-dealkylation sites (tertiary alicyclic amines) is 1. The van der Waals surface area contributed by atoms with Crippen LogP contribution in [-0.2, 0) is 14.4 Å². The van der Waals surface area contributed by atoms with Gasteiger partial charge in [-0.05, 0) is 26.2 Å². The molecule has 2 amide bonds. The monoisotopic (exact) mass is 605 g/mol. The van der Waals surface area contributed by atoms with Crippen LogP contribution in [0.1, 0.15) is 117 Å². The highest BCUT2D eigenvalue weighted by molar-refractivity contribution is 8.77. The molecule has 0 aromatic heterocycles. The summed E-state index contributed by atoms with van der Waals surface area (Å²) < 4.78 is 0. The number of nitrogens with zero attached hydrogens (tertiary/aromatic N) is 1. The summed E-state index contributed by atoms with van der Waals surface area (Å²) in [7, 11) is 9.39. The Balaban J connectivity index is -0.0000000629. The molecule has 0 aromatic rings. The second-order valence-corrected chi connectivity index (χ2v) is 13.4. The van der Waals surface area contributed by atoms with Crippen molar-refractivity contribution in [1.82, 2.24) is 4.90 Å². The molecule has 1 saturated heterocycles. The summed E-state index contributed by atoms with van der Waals surface area (Å²) in [5, 5.41) is 9.07. The van der Waals surface area contributed by atoms with Crippen molar-refractivity contribution in [2.24, 2.45) is 5.92 Å². The third-order valence-corrected chi connectivity index (χ3v) is 9.85. The van der Waals surface area contributed by atoms with Crippen molar-refractivity contribution >= 4 is 61.0 Å². The fourth-order valence-electron chi connectivity index (χ4n) is 2.09. The van der Waals surface area contributed by atoms with E-state index in [1.165, 1.54) is 48.1 Å². The van der Waals surface area contributed by atoms with Crippen molar-refractivity contribution in [3.05, 3.63) is 11.6 Å². The van der Waals surface area contributed by atoms with E-state index in [2.05, 4.69) is 34.6 Å². The van der Waals surface area contributed by atoms with Gasteiger partial charge in [-0.2, -0.15) is 0 Å². The topological polar surface area (TPSA) is 74.7 Å². The molecule has 1 aliphatic heterocycles. The van der Waals surface area contributed by atoms with Crippen molar-refractivity contribution in [3.8, 4) is 0 Å². The highest BCUT2D eigenvalue weighted by Crippen LogP contribution is 2.27. The van der Waals surface area contributed by atoms with Gasteiger partial charge >= 0.3 is 5.97 Å². The fraction of sp³-hybridized carbons (Fsp3) is 0.821. The SMILES string of the molecule is C.C.C.C.CC1CC(=O)N(C)C1=O.CCCC(C)=CC(=O)O.CCCSSCC.CCSSC(C)CC. The Hall–Kier alpha value is -0.250. The molecule has 5 nitrogen and oxygen atoms in total. The number of amides is 2. The molecule has 2 atom stereocenters. The first-order valence-electron chi connectivity index (χ1n) is 11.7. The van der Waals surface area contributed by atoms with E-state index in [0.717, 1.165) is 23.7 Å². The molecule has 37 heavy (non-hydrogen) atoms. The van der Waals surface area contributed by atoms with Gasteiger partial charge in [0.15, 0.2) is 0 Å². The number of hydrogen-bond donors (Lipinski definition) is 1. The minimum absolute atomic E-state index is 0. The average molecular weight is 606 g/mol. The molecular formula is C28H63NO4S4. The number of carboxylic acid groups (broad SMARTS) is 1. The van der Waals surface area contributed by atoms with Gasteiger partial charge in [-0.25, -0.2) is 4.79 Å². The van der Waals surface area contributed by atoms with E-state index < -0.39 is 5.97 Å². The van der Waals surface area contributed by atoms with E-state index in [1.54, 1.807) is 6.92 Å². The Bertz CT molecular complexity index is 542. The molecule has 9 heteroatoms. The predicted molar refractivity (Wildman–Crippen MR) is 181 cm³/mol. The lowest BCUT2D eigenvalue weighted by molar-refractivity contribution is -0.137. The minimum Gasteiger partial charge on any atom is -0.478 e. The number of hydrogen-bond acceptors (Lipinski definition) is 7. The molecule has 1 rings (SSSR count). The maximum atomic E-state index is 10.8. The van der Waals surface area contributed by atoms with Crippen molar-refractivity contribution in [3.63, 3.8) is 0 Å². The van der Waals surface area contributed by atoms with Crippen LogP contribution in [0.5, 0.6) is 0 Å². The second-order valence-electron chi connectivity index (χ2n) is 7.43. The number of carboxylic acids is 1. The van der Waals surface area contributed by atoms with Crippen molar-refractivity contribution in [1.29, 1.82) is 0 Å². The second kappa shape index (κ2) is 37.9. The number of imide groups is 1. The summed E-state index contributed by atoms with van der Waals surface area (Å²) in [6.45, 7) is 16.7. The van der Waals surface area contributed by atoms with E-state index in [4.69, 9.17) is 5.11 Å². The van der Waals surface area contributed by atoms with E-state index in [9.17, 15) is 14.4 Å². The van der Waals surface area contributed by atoms with Crippen LogP contribution >= 0.6 is 43.2 Å². The van der Waals surface area contributed by atoms with Gasteiger partial charge in [-0.1, -0.05) is 133 Å². The van der Waals surface area contributed by atoms with Gasteiger partial charge < -0.3 is 5.11 Å². The lowest BCUT2D eigenvalue weighted by atomic mass is 10.1. The first-order chi connectivity index (χ1) is 15.5. The van der Waals surface area contributed by atoms with Gasteiger partial charge in [-0.3, -0.25) is 14.5 Å². The molecule has 1 heterocycles. The molecule has 0 aliphatic carbocycles. The van der Waals surface area contributed by atoms with Gasteiger partial charge in [0, 0.05) is 48.0 Å². The molecule has 1 N–H and O–H groups in total. The van der Waals surface area contributed by atoms with Gasteiger partial charge in [0.1, 0.15) is 0 Å². The molecule has 1 aliphatic rings. The fourth-order valence-corrected chi connectivity index (χ4v) is 5.92. The number of carbonyl (C=O) groups excluding carboxylic acids is 2. The largest absolute Gasteiger partial charge is 0.478 e. The molecule has 228 valence electrons. The summed E-state index contributed by atoms with van der Waals surface area (Å²) in [6.07, 6.45) is 6.12. The molecule has 0 saturated carbocycles. The Labute approximate surface area is 248 Å². The molecule has 0 aromatic carbocycles. The van der Waals surface area contributed by atoms with Gasteiger partial charge in [-0.15, -0.1) is 0 Å². The number of rotatable bonds is 11. The summed E-state index contributed by atoms with van der Waals surface area (Å²) in [6, 6.07) is 0. The Morgan fingerprint density at radius 2 is 1.51 bits per heavy atom. The van der Waals surface area contributed by atoms with Gasteiger partial charge in [0.2, 0.25) is 11.8 Å². The molecule has 0 bridgehead atoms. The smallest absolute Gasteiger partial charge is 0.328 e. The van der Waals surface area contributed by atoms with Crippen LogP contribution in [0.2, 0.25) is 0 Å². The van der Waals surface area contributed by atoms with Crippen molar-refractivity contribution < 1.29 is 19.5 Å². The summed E-state index contributed by atoms with van der Waals surface area (Å²) in [4.78, 5) is 32.7. The molecule has 0 radical (unpaired) electrons. The van der Waals surface area contributed by atoms with Crippen molar-refractivity contribution in [2.45, 2.75) is 122 Å². The normalized spacial score (nSPS) is 14.4. The Kier molecular flexibility index (Phi) is 54.4. The summed E-state index contributed by atoms with van der Waals surface area (Å²) in [5.74, 6) is 2.72. The van der Waals surface area contributed by atoms with Crippen LogP contribution in [-0.4, -0.2) is 57.3 Å². The lowest BCUT2D eigenvalue weighted by Gasteiger charge is -2.03. The number of aliphatic carboxylic acids is 1. The third kappa shape index (κ3) is 38.0. The zero-order valence-corrected chi connectivity index (χ0v) is 25.4. The first-order valence-corrected chi connectivity index (χ1v) is 16.6. The molecule has 2 unspecified atom stereocenters. The summed E-state index contributed by atoms with van der Waals surface area (Å²) >= 11 is 0. The maximum Gasteiger partial charge on any atom is 0.328 e. The Morgan fingerprint density at radius 3 is 1.78 bits per heavy atom. The van der Waals surface area contributed by atoms with E-state index in [-0.39, 0.29) is 47.4 Å². The average Bonchev–Trinajstić information content (AvgIpc) is 2.98. The zero-order valence-electron chi connectivity index (χ0n) is 22.1.